The highest BCUT2D eigenvalue weighted by Gasteiger charge is 2.18. The molecule has 0 atom stereocenters. The molecule has 0 spiro atoms. The van der Waals surface area contributed by atoms with Crippen LogP contribution >= 0.6 is 0 Å². The number of nitrogens with one attached hydrogen (secondary N) is 1. The van der Waals surface area contributed by atoms with E-state index in [1.807, 2.05) is 20.8 Å². The Morgan fingerprint density at radius 3 is 2.35 bits per heavy atom. The molecule has 0 aliphatic heterocycles. The second-order valence-electron chi connectivity index (χ2n) is 4.61. The maximum atomic E-state index is 11.5. The highest BCUT2D eigenvalue weighted by Crippen LogP contribution is 2.05. The van der Waals surface area contributed by atoms with Crippen LogP contribution in [-0.2, 0) is 14.8 Å². The quantitative estimate of drug-likeness (QED) is 0.706. The van der Waals surface area contributed by atoms with Crippen molar-refractivity contribution in [2.24, 2.45) is 5.92 Å². The summed E-state index contributed by atoms with van der Waals surface area (Å²) < 4.78 is 24.3. The van der Waals surface area contributed by atoms with Crippen molar-refractivity contribution in [3.8, 4) is 0 Å². The summed E-state index contributed by atoms with van der Waals surface area (Å²) in [6, 6.07) is 0. The van der Waals surface area contributed by atoms with Crippen LogP contribution in [0.2, 0.25) is 0 Å². The van der Waals surface area contributed by atoms with Gasteiger partial charge < -0.3 is 5.32 Å². The van der Waals surface area contributed by atoms with Crippen molar-refractivity contribution in [3.63, 3.8) is 0 Å². The molecule has 0 aliphatic carbocycles. The molecule has 1 amide bonds. The molecule has 1 N–H and O–H groups in total. The minimum atomic E-state index is -3.22. The Bertz CT molecular complexity index is 326. The Morgan fingerprint density at radius 1 is 1.35 bits per heavy atom. The average molecular weight is 264 g/mol. The number of carbonyl (C=O) groups excluding carboxylic acids is 1. The molecule has 0 rings (SSSR count). The molecule has 5 nitrogen and oxygen atoms in total. The van der Waals surface area contributed by atoms with E-state index in [4.69, 9.17) is 0 Å². The summed E-state index contributed by atoms with van der Waals surface area (Å²) in [4.78, 5) is 11.4. The maximum Gasteiger partial charge on any atom is 0.221 e. The van der Waals surface area contributed by atoms with Crippen molar-refractivity contribution in [1.29, 1.82) is 0 Å². The third-order valence-corrected chi connectivity index (χ3v) is 3.47. The van der Waals surface area contributed by atoms with Crippen LogP contribution in [0.5, 0.6) is 0 Å². The van der Waals surface area contributed by atoms with Gasteiger partial charge in [-0.05, 0) is 12.3 Å². The van der Waals surface area contributed by atoms with Crippen LogP contribution in [0.15, 0.2) is 0 Å². The van der Waals surface area contributed by atoms with Crippen LogP contribution in [0.1, 0.15) is 33.6 Å². The van der Waals surface area contributed by atoms with E-state index in [1.165, 1.54) is 10.6 Å². The van der Waals surface area contributed by atoms with Crippen molar-refractivity contribution in [2.75, 3.05) is 25.9 Å². The fourth-order valence-corrected chi connectivity index (χ4v) is 2.37. The first kappa shape index (κ1) is 16.4. The normalized spacial score (nSPS) is 12.1. The minimum absolute atomic E-state index is 0.0933. The van der Waals surface area contributed by atoms with Crippen molar-refractivity contribution in [3.05, 3.63) is 0 Å². The van der Waals surface area contributed by atoms with Gasteiger partial charge in [0.1, 0.15) is 0 Å². The molecule has 102 valence electrons. The largest absolute Gasteiger partial charge is 0.356 e. The van der Waals surface area contributed by atoms with E-state index in [0.29, 0.717) is 13.1 Å². The van der Waals surface area contributed by atoms with Gasteiger partial charge in [-0.3, -0.25) is 4.79 Å². The highest BCUT2D eigenvalue weighted by molar-refractivity contribution is 7.88. The zero-order valence-corrected chi connectivity index (χ0v) is 12.0. The van der Waals surface area contributed by atoms with Gasteiger partial charge in [0.05, 0.1) is 6.26 Å². The van der Waals surface area contributed by atoms with Gasteiger partial charge in [0.2, 0.25) is 15.9 Å². The predicted octanol–water partition coefficient (Wildman–Crippen LogP) is 0.820. The number of hydrogen-bond acceptors (Lipinski definition) is 3. The van der Waals surface area contributed by atoms with Gasteiger partial charge in [0.25, 0.3) is 0 Å². The van der Waals surface area contributed by atoms with Crippen molar-refractivity contribution < 1.29 is 13.2 Å². The molecule has 0 unspecified atom stereocenters. The van der Waals surface area contributed by atoms with Crippen LogP contribution in [0, 0.1) is 5.92 Å². The summed E-state index contributed by atoms with van der Waals surface area (Å²) in [5.41, 5.74) is 0. The zero-order valence-electron chi connectivity index (χ0n) is 11.2. The van der Waals surface area contributed by atoms with Gasteiger partial charge >= 0.3 is 0 Å². The molecule has 17 heavy (non-hydrogen) atoms. The molecule has 0 saturated heterocycles. The zero-order chi connectivity index (χ0) is 13.5. The Kier molecular flexibility index (Phi) is 7.38. The molecule has 0 heterocycles. The number of rotatable bonds is 8. The van der Waals surface area contributed by atoms with Gasteiger partial charge in [0, 0.05) is 26.1 Å². The molecule has 0 saturated carbocycles. The minimum Gasteiger partial charge on any atom is -0.356 e. The molecule has 0 fully saturated rings. The molecule has 0 aliphatic rings. The number of nitrogens with zero attached hydrogens (tertiary/aromatic N) is 1. The van der Waals surface area contributed by atoms with Gasteiger partial charge in [-0.2, -0.15) is 0 Å². The van der Waals surface area contributed by atoms with E-state index in [1.54, 1.807) is 0 Å². The molecule has 0 bridgehead atoms. The van der Waals surface area contributed by atoms with E-state index in [0.717, 1.165) is 6.42 Å². The van der Waals surface area contributed by atoms with Crippen LogP contribution in [0.4, 0.5) is 0 Å². The molecular weight excluding hydrogens is 240 g/mol. The van der Waals surface area contributed by atoms with E-state index in [9.17, 15) is 13.2 Å². The van der Waals surface area contributed by atoms with Gasteiger partial charge in [0.15, 0.2) is 0 Å². The Labute approximate surface area is 105 Å². The standard InChI is InChI=1S/C11H24N2O3S/c1-5-7-12-11(14)6-8-13(9-10(2)3)17(4,15)16/h10H,5-9H2,1-4H3,(H,12,14). The lowest BCUT2D eigenvalue weighted by Crippen LogP contribution is -2.37. The van der Waals surface area contributed by atoms with Gasteiger partial charge in [-0.1, -0.05) is 20.8 Å². The molecule has 6 heteroatoms. The topological polar surface area (TPSA) is 66.5 Å². The van der Waals surface area contributed by atoms with E-state index in [2.05, 4.69) is 5.32 Å². The molecule has 0 aromatic heterocycles. The van der Waals surface area contributed by atoms with Crippen LogP contribution in [0.25, 0.3) is 0 Å². The first-order valence-corrected chi connectivity index (χ1v) is 7.84. The first-order chi connectivity index (χ1) is 7.77. The van der Waals surface area contributed by atoms with Crippen molar-refractivity contribution in [2.45, 2.75) is 33.6 Å². The van der Waals surface area contributed by atoms with E-state index < -0.39 is 10.0 Å². The first-order valence-electron chi connectivity index (χ1n) is 5.99. The third kappa shape index (κ3) is 8.15. The average Bonchev–Trinajstić information content (AvgIpc) is 2.19. The smallest absolute Gasteiger partial charge is 0.221 e. The van der Waals surface area contributed by atoms with E-state index in [-0.39, 0.29) is 24.8 Å². The molecule has 0 radical (unpaired) electrons. The lowest BCUT2D eigenvalue weighted by molar-refractivity contribution is -0.121. The molecule has 0 aromatic carbocycles. The lowest BCUT2D eigenvalue weighted by atomic mass is 10.2. The Hall–Kier alpha value is -0.620. The van der Waals surface area contributed by atoms with Crippen LogP contribution in [0.3, 0.4) is 0 Å². The fourth-order valence-electron chi connectivity index (χ4n) is 1.38. The second kappa shape index (κ2) is 7.66. The second-order valence-corrected chi connectivity index (χ2v) is 6.60. The highest BCUT2D eigenvalue weighted by atomic mass is 32.2. The fraction of sp³-hybridized carbons (Fsp3) is 0.909. The Balaban J connectivity index is 4.22. The SMILES string of the molecule is CCCNC(=O)CCN(CC(C)C)S(C)(=O)=O. The summed E-state index contributed by atoms with van der Waals surface area (Å²) in [5, 5.41) is 2.73. The molecular formula is C11H24N2O3S. The van der Waals surface area contributed by atoms with Crippen LogP contribution < -0.4 is 5.32 Å². The van der Waals surface area contributed by atoms with Gasteiger partial charge in [-0.15, -0.1) is 0 Å². The summed E-state index contributed by atoms with van der Waals surface area (Å²) in [7, 11) is -3.22. The van der Waals surface area contributed by atoms with Crippen LogP contribution in [-0.4, -0.2) is 44.5 Å². The summed E-state index contributed by atoms with van der Waals surface area (Å²) in [6.45, 7) is 7.24. The van der Waals surface area contributed by atoms with Gasteiger partial charge in [-0.25, -0.2) is 12.7 Å². The van der Waals surface area contributed by atoms with Crippen molar-refractivity contribution >= 4 is 15.9 Å². The van der Waals surface area contributed by atoms with Crippen molar-refractivity contribution in [1.82, 2.24) is 9.62 Å². The number of sulfonamides is 1. The number of hydrogen-bond donors (Lipinski definition) is 1. The Morgan fingerprint density at radius 2 is 1.94 bits per heavy atom. The third-order valence-electron chi connectivity index (χ3n) is 2.20. The monoisotopic (exact) mass is 264 g/mol. The summed E-state index contributed by atoms with van der Waals surface area (Å²) in [6.07, 6.45) is 2.28. The lowest BCUT2D eigenvalue weighted by Gasteiger charge is -2.21. The molecule has 0 aromatic rings. The van der Waals surface area contributed by atoms with E-state index >= 15 is 0 Å². The predicted molar refractivity (Wildman–Crippen MR) is 69.2 cm³/mol. The summed E-state index contributed by atoms with van der Waals surface area (Å²) in [5.74, 6) is 0.160. The summed E-state index contributed by atoms with van der Waals surface area (Å²) >= 11 is 0. The number of carbonyl (C=O) groups is 1. The maximum absolute atomic E-state index is 11.5. The number of amides is 1.